The second-order valence-electron chi connectivity index (χ2n) is 4.52. The van der Waals surface area contributed by atoms with Crippen molar-refractivity contribution in [3.05, 3.63) is 47.5 Å². The van der Waals surface area contributed by atoms with E-state index >= 15 is 0 Å². The molecule has 4 nitrogen and oxygen atoms in total. The van der Waals surface area contributed by atoms with Crippen molar-refractivity contribution in [2.24, 2.45) is 10.9 Å². The van der Waals surface area contributed by atoms with Crippen LogP contribution in [-0.4, -0.2) is 11.5 Å². The molecule has 1 aromatic carbocycles. The third-order valence-electron chi connectivity index (χ3n) is 3.36. The maximum Gasteiger partial charge on any atom is 0.495 e. The van der Waals surface area contributed by atoms with Gasteiger partial charge in [-0.25, -0.2) is 5.41 Å². The quantitative estimate of drug-likeness (QED) is 0.720. The Bertz CT molecular complexity index is 813. The Hall–Kier alpha value is -2.20. The van der Waals surface area contributed by atoms with Crippen LogP contribution >= 0.6 is 11.6 Å². The van der Waals surface area contributed by atoms with E-state index in [4.69, 9.17) is 21.4 Å². The minimum Gasteiger partial charge on any atom is -0.382 e. The molecule has 0 radical (unpaired) electrons. The fourth-order valence-electron chi connectivity index (χ4n) is 2.46. The first-order chi connectivity index (χ1) is 9.24. The molecule has 0 saturated heterocycles. The van der Waals surface area contributed by atoms with Gasteiger partial charge in [0.2, 0.25) is 5.58 Å². The first-order valence-electron chi connectivity index (χ1n) is 5.94. The summed E-state index contributed by atoms with van der Waals surface area (Å²) >= 11 is 6.04. The summed E-state index contributed by atoms with van der Waals surface area (Å²) < 4.78 is 7.54. The van der Waals surface area contributed by atoms with Gasteiger partial charge >= 0.3 is 11.9 Å². The summed E-state index contributed by atoms with van der Waals surface area (Å²) in [6.07, 6.45) is 7.88. The van der Waals surface area contributed by atoms with Gasteiger partial charge in [0, 0.05) is 11.1 Å². The van der Waals surface area contributed by atoms with E-state index in [9.17, 15) is 0 Å². The lowest BCUT2D eigenvalue weighted by Crippen LogP contribution is -2.65. The Morgan fingerprint density at radius 2 is 2.21 bits per heavy atom. The van der Waals surface area contributed by atoms with Gasteiger partial charge in [0.05, 0.1) is 5.71 Å². The average molecular weight is 272 g/mol. The Labute approximate surface area is 113 Å². The molecule has 1 aromatic heterocycles. The van der Waals surface area contributed by atoms with Gasteiger partial charge < -0.3 is 4.42 Å². The highest BCUT2D eigenvalue weighted by molar-refractivity contribution is 6.31. The highest BCUT2D eigenvalue weighted by Crippen LogP contribution is 2.27. The van der Waals surface area contributed by atoms with Crippen LogP contribution < -0.4 is 9.98 Å². The largest absolute Gasteiger partial charge is 0.495 e. The van der Waals surface area contributed by atoms with Crippen LogP contribution in [0.5, 0.6) is 0 Å². The molecule has 1 atom stereocenters. The number of halogens is 1. The summed E-state index contributed by atoms with van der Waals surface area (Å²) in [7, 11) is 0. The normalized spacial score (nSPS) is 20.4. The molecule has 1 aliphatic heterocycles. The van der Waals surface area contributed by atoms with Gasteiger partial charge in [-0.15, -0.1) is 0 Å². The van der Waals surface area contributed by atoms with E-state index in [-0.39, 0.29) is 5.92 Å². The van der Waals surface area contributed by atoms with Crippen molar-refractivity contribution >= 4 is 40.3 Å². The van der Waals surface area contributed by atoms with Crippen molar-refractivity contribution in [2.75, 3.05) is 0 Å². The molecule has 0 saturated carbocycles. The Morgan fingerprint density at radius 1 is 1.32 bits per heavy atom. The van der Waals surface area contributed by atoms with Crippen molar-refractivity contribution in [1.82, 2.24) is 0 Å². The van der Waals surface area contributed by atoms with Gasteiger partial charge in [0.1, 0.15) is 0 Å². The Morgan fingerprint density at radius 3 is 3.11 bits per heavy atom. The molecular weight excluding hydrogens is 262 g/mol. The molecule has 92 valence electrons. The van der Waals surface area contributed by atoms with Crippen LogP contribution in [0.2, 0.25) is 5.02 Å². The first-order valence-corrected chi connectivity index (χ1v) is 6.32. The minimum absolute atomic E-state index is 0.0118. The summed E-state index contributed by atoms with van der Waals surface area (Å²) in [5, 5.41) is 6.92. The predicted molar refractivity (Wildman–Crippen MR) is 72.6 cm³/mol. The van der Waals surface area contributed by atoms with E-state index in [1.807, 2.05) is 41.0 Å². The second kappa shape index (κ2) is 3.65. The van der Waals surface area contributed by atoms with Gasteiger partial charge in [-0.05, 0) is 22.8 Å². The number of oxazole rings is 1. The lowest BCUT2D eigenvalue weighted by molar-refractivity contribution is -0.550. The number of aromatic nitrogens is 1. The number of nitrogens with zero attached hydrogens (tertiary/aromatic N) is 2. The molecule has 4 rings (SSSR count). The van der Waals surface area contributed by atoms with Gasteiger partial charge in [-0.2, -0.15) is 4.99 Å². The van der Waals surface area contributed by atoms with E-state index in [0.717, 1.165) is 16.8 Å². The highest BCUT2D eigenvalue weighted by Gasteiger charge is 2.43. The molecular formula is C14H10ClN3O+2. The number of allylic oxidation sites excluding steroid dienone is 4. The SMILES string of the molecule is [NH2+]=C1[C@H]2C=CC=CC2=Nc2oc3ccc(Cl)cc3[n+]21. The lowest BCUT2D eigenvalue weighted by Gasteiger charge is -2.11. The van der Waals surface area contributed by atoms with Crippen LogP contribution in [0.15, 0.2) is 51.9 Å². The molecule has 2 aromatic rings. The molecule has 2 heterocycles. The Balaban J connectivity index is 2.06. The lowest BCUT2D eigenvalue weighted by atomic mass is 9.96. The van der Waals surface area contributed by atoms with Crippen molar-refractivity contribution in [3.8, 4) is 0 Å². The molecule has 0 fully saturated rings. The molecule has 0 spiro atoms. The van der Waals surface area contributed by atoms with E-state index < -0.39 is 0 Å². The number of hydrogen-bond acceptors (Lipinski definition) is 2. The smallest absolute Gasteiger partial charge is 0.382 e. The molecule has 5 heteroatoms. The van der Waals surface area contributed by atoms with Gasteiger partial charge in [0.15, 0.2) is 5.92 Å². The van der Waals surface area contributed by atoms with Crippen molar-refractivity contribution in [1.29, 1.82) is 0 Å². The molecule has 19 heavy (non-hydrogen) atoms. The molecule has 2 aliphatic rings. The zero-order chi connectivity index (χ0) is 13.0. The van der Waals surface area contributed by atoms with E-state index in [0.29, 0.717) is 16.9 Å². The van der Waals surface area contributed by atoms with Crippen molar-refractivity contribution in [3.63, 3.8) is 0 Å². The van der Waals surface area contributed by atoms with Crippen LogP contribution in [0.25, 0.3) is 11.1 Å². The standard InChI is InChI=1S/C14H9ClN3O/c15-8-5-6-12-11(7-8)18-13(16)9-3-1-2-4-10(9)17-14(18)19-12/h1-7,9,16H/q+1/p+1/t9-/m0/s1. The molecule has 0 unspecified atom stereocenters. The van der Waals surface area contributed by atoms with Gasteiger partial charge in [-0.3, -0.25) is 0 Å². The van der Waals surface area contributed by atoms with Crippen molar-refractivity contribution < 1.29 is 14.4 Å². The van der Waals surface area contributed by atoms with E-state index in [1.165, 1.54) is 0 Å². The number of hydrogen-bond donors (Lipinski definition) is 1. The summed E-state index contributed by atoms with van der Waals surface area (Å²) in [6.45, 7) is 0. The number of aliphatic imine (C=N–C) groups is 1. The van der Waals surface area contributed by atoms with Crippen LogP contribution in [-0.2, 0) is 0 Å². The summed E-state index contributed by atoms with van der Waals surface area (Å²) in [4.78, 5) is 4.52. The number of fused-ring (bicyclic) bond motifs is 4. The minimum atomic E-state index is -0.0118. The van der Waals surface area contributed by atoms with E-state index in [1.54, 1.807) is 6.07 Å². The number of benzene rings is 1. The fraction of sp³-hybridized carbons (Fsp3) is 0.0714. The van der Waals surface area contributed by atoms with Crippen molar-refractivity contribution in [2.45, 2.75) is 0 Å². The second-order valence-corrected chi connectivity index (χ2v) is 4.95. The monoisotopic (exact) mass is 271 g/mol. The summed E-state index contributed by atoms with van der Waals surface area (Å²) in [5.74, 6) is 0.670. The zero-order valence-electron chi connectivity index (χ0n) is 9.88. The summed E-state index contributed by atoms with van der Waals surface area (Å²) in [6, 6.07) is 5.93. The molecule has 2 N–H and O–H groups in total. The highest BCUT2D eigenvalue weighted by atomic mass is 35.5. The topological polar surface area (TPSA) is 55.0 Å². The summed E-state index contributed by atoms with van der Waals surface area (Å²) in [5.41, 5.74) is 2.45. The maximum atomic E-state index is 6.27. The predicted octanol–water partition coefficient (Wildman–Crippen LogP) is 1.21. The van der Waals surface area contributed by atoms with Crippen LogP contribution in [0, 0.1) is 5.92 Å². The molecule has 0 bridgehead atoms. The number of rotatable bonds is 0. The molecule has 1 aliphatic carbocycles. The van der Waals surface area contributed by atoms with Crippen LogP contribution in [0.1, 0.15) is 0 Å². The van der Waals surface area contributed by atoms with Gasteiger partial charge in [0.25, 0.3) is 5.52 Å². The van der Waals surface area contributed by atoms with Crippen LogP contribution in [0.4, 0.5) is 6.01 Å². The average Bonchev–Trinajstić information content (AvgIpc) is 2.76. The zero-order valence-corrected chi connectivity index (χ0v) is 10.6. The van der Waals surface area contributed by atoms with E-state index in [2.05, 4.69) is 4.99 Å². The first kappa shape index (κ1) is 10.7. The molecule has 0 amide bonds. The fourth-order valence-corrected chi connectivity index (χ4v) is 2.63. The Kier molecular flexibility index (Phi) is 2.05. The van der Waals surface area contributed by atoms with Crippen LogP contribution in [0.3, 0.4) is 0 Å². The van der Waals surface area contributed by atoms with Gasteiger partial charge in [-0.1, -0.05) is 29.8 Å². The third kappa shape index (κ3) is 1.43. The number of nitrogens with two attached hydrogens (primary N) is 1. The maximum absolute atomic E-state index is 6.27. The third-order valence-corrected chi connectivity index (χ3v) is 3.59.